The van der Waals surface area contributed by atoms with E-state index in [0.717, 1.165) is 11.4 Å². The van der Waals surface area contributed by atoms with E-state index in [9.17, 15) is 0 Å². The van der Waals surface area contributed by atoms with Crippen LogP contribution in [0.5, 0.6) is 0 Å². The zero-order valence-corrected chi connectivity index (χ0v) is 13.1. The van der Waals surface area contributed by atoms with Gasteiger partial charge in [-0.1, -0.05) is 50.2 Å². The average molecular weight is 270 g/mol. The fourth-order valence-corrected chi connectivity index (χ4v) is 6.37. The number of rotatable bonds is 5. The van der Waals surface area contributed by atoms with Crippen molar-refractivity contribution in [3.05, 3.63) is 42.7 Å². The molecule has 0 radical (unpaired) electrons. The third kappa shape index (κ3) is 2.76. The van der Waals surface area contributed by atoms with Crippen molar-refractivity contribution in [3.8, 4) is 11.4 Å². The molecule has 0 aliphatic carbocycles. The fraction of sp³-hybridized carbons (Fsp3) is 0.375. The van der Waals surface area contributed by atoms with Crippen molar-refractivity contribution < 1.29 is 0 Å². The molecule has 100 valence electrons. The number of hydrogen-bond donors (Lipinski definition) is 0. The van der Waals surface area contributed by atoms with Crippen LogP contribution in [0, 0.1) is 0 Å². The summed E-state index contributed by atoms with van der Waals surface area (Å²) < 4.78 is 0. The molecule has 0 aliphatic rings. The zero-order valence-electron chi connectivity index (χ0n) is 12.1. The maximum absolute atomic E-state index is 4.49. The summed E-state index contributed by atoms with van der Waals surface area (Å²) in [6.07, 6.45) is 3.77. The molecule has 0 atom stereocenters. The van der Waals surface area contributed by atoms with Crippen LogP contribution in [0.1, 0.15) is 20.8 Å². The third-order valence-corrected chi connectivity index (χ3v) is 9.93. The fourth-order valence-electron chi connectivity index (χ4n) is 2.78. The van der Waals surface area contributed by atoms with Crippen molar-refractivity contribution in [2.45, 2.75) is 38.9 Å². The highest BCUT2D eigenvalue weighted by Gasteiger charge is 2.29. The van der Waals surface area contributed by atoms with Gasteiger partial charge in [0.05, 0.1) is 19.5 Å². The standard InChI is InChI=1S/C16H22N2Si/c1-4-19(5-2,6-3)14-10-12-18-16(13-14)15-9-7-8-11-17-15/h7-13H,4-6H2,1-3H3. The van der Waals surface area contributed by atoms with Gasteiger partial charge < -0.3 is 0 Å². The summed E-state index contributed by atoms with van der Waals surface area (Å²) in [6, 6.07) is 14.4. The highest BCUT2D eigenvalue weighted by atomic mass is 28.3. The van der Waals surface area contributed by atoms with Crippen LogP contribution in [-0.2, 0) is 0 Å². The topological polar surface area (TPSA) is 25.8 Å². The molecule has 0 unspecified atom stereocenters. The normalized spacial score (nSPS) is 11.5. The van der Waals surface area contributed by atoms with Gasteiger partial charge in [0.15, 0.2) is 0 Å². The molecule has 0 bridgehead atoms. The molecule has 3 heteroatoms. The smallest absolute Gasteiger partial charge is 0.0886 e. The summed E-state index contributed by atoms with van der Waals surface area (Å²) in [5, 5.41) is 1.52. The van der Waals surface area contributed by atoms with Gasteiger partial charge in [0, 0.05) is 12.4 Å². The van der Waals surface area contributed by atoms with Crippen LogP contribution in [-0.4, -0.2) is 18.0 Å². The van der Waals surface area contributed by atoms with E-state index in [1.807, 2.05) is 30.6 Å². The Bertz CT molecular complexity index is 513. The Balaban J connectivity index is 2.45. The van der Waals surface area contributed by atoms with E-state index in [4.69, 9.17) is 0 Å². The van der Waals surface area contributed by atoms with E-state index in [2.05, 4.69) is 42.9 Å². The van der Waals surface area contributed by atoms with Crippen molar-refractivity contribution in [1.29, 1.82) is 0 Å². The van der Waals surface area contributed by atoms with E-state index in [1.54, 1.807) is 0 Å². The molecular formula is C16H22N2Si. The largest absolute Gasteiger partial charge is 0.255 e. The molecule has 0 aromatic carbocycles. The first kappa shape index (κ1) is 13.9. The Kier molecular flexibility index (Phi) is 4.48. The summed E-state index contributed by atoms with van der Waals surface area (Å²) in [4.78, 5) is 8.89. The molecule has 19 heavy (non-hydrogen) atoms. The molecule has 2 heterocycles. The lowest BCUT2D eigenvalue weighted by Gasteiger charge is -2.28. The van der Waals surface area contributed by atoms with Crippen LogP contribution in [0.15, 0.2) is 42.7 Å². The molecule has 0 N–H and O–H groups in total. The van der Waals surface area contributed by atoms with Crippen molar-refractivity contribution in [2.24, 2.45) is 0 Å². The lowest BCUT2D eigenvalue weighted by atomic mass is 10.2. The van der Waals surface area contributed by atoms with Gasteiger partial charge in [-0.3, -0.25) is 9.97 Å². The van der Waals surface area contributed by atoms with Crippen LogP contribution in [0.25, 0.3) is 11.4 Å². The van der Waals surface area contributed by atoms with Gasteiger partial charge in [0.1, 0.15) is 0 Å². The minimum absolute atomic E-state index is 0.968. The van der Waals surface area contributed by atoms with Crippen molar-refractivity contribution in [3.63, 3.8) is 0 Å². The molecule has 2 aromatic rings. The molecule has 0 amide bonds. The van der Waals surface area contributed by atoms with Crippen molar-refractivity contribution in [1.82, 2.24) is 9.97 Å². The Labute approximate surface area is 116 Å². The predicted molar refractivity (Wildman–Crippen MR) is 84.3 cm³/mol. The first-order chi connectivity index (χ1) is 9.25. The second kappa shape index (κ2) is 6.11. The van der Waals surface area contributed by atoms with Gasteiger partial charge in [-0.15, -0.1) is 0 Å². The van der Waals surface area contributed by atoms with Crippen LogP contribution in [0.2, 0.25) is 18.1 Å². The first-order valence-electron chi connectivity index (χ1n) is 7.13. The third-order valence-electron chi connectivity index (χ3n) is 4.33. The van der Waals surface area contributed by atoms with E-state index < -0.39 is 8.07 Å². The molecule has 2 rings (SSSR count). The van der Waals surface area contributed by atoms with Gasteiger partial charge in [-0.2, -0.15) is 0 Å². The molecule has 2 nitrogen and oxygen atoms in total. The highest BCUT2D eigenvalue weighted by molar-refractivity contribution is 6.91. The molecular weight excluding hydrogens is 248 g/mol. The van der Waals surface area contributed by atoms with Crippen molar-refractivity contribution in [2.75, 3.05) is 0 Å². The van der Waals surface area contributed by atoms with Crippen LogP contribution >= 0.6 is 0 Å². The van der Waals surface area contributed by atoms with E-state index >= 15 is 0 Å². The lowest BCUT2D eigenvalue weighted by molar-refractivity contribution is 1.19. The summed E-state index contributed by atoms with van der Waals surface area (Å²) in [5.74, 6) is 0. The predicted octanol–water partition coefficient (Wildman–Crippen LogP) is 3.86. The van der Waals surface area contributed by atoms with Crippen LogP contribution < -0.4 is 5.19 Å². The minimum atomic E-state index is -1.33. The Morgan fingerprint density at radius 1 is 0.842 bits per heavy atom. The maximum Gasteiger partial charge on any atom is 0.0886 e. The quantitative estimate of drug-likeness (QED) is 0.771. The Morgan fingerprint density at radius 2 is 1.53 bits per heavy atom. The SMILES string of the molecule is CC[Si](CC)(CC)c1ccnc(-c2ccccn2)c1. The van der Waals surface area contributed by atoms with Crippen LogP contribution in [0.3, 0.4) is 0 Å². The Morgan fingerprint density at radius 3 is 2.11 bits per heavy atom. The van der Waals surface area contributed by atoms with Gasteiger partial charge in [0.2, 0.25) is 0 Å². The number of pyridine rings is 2. The molecule has 0 saturated carbocycles. The van der Waals surface area contributed by atoms with Crippen molar-refractivity contribution >= 4 is 13.3 Å². The minimum Gasteiger partial charge on any atom is -0.255 e. The average Bonchev–Trinajstić information content (AvgIpc) is 2.51. The molecule has 0 saturated heterocycles. The van der Waals surface area contributed by atoms with E-state index in [-0.39, 0.29) is 0 Å². The summed E-state index contributed by atoms with van der Waals surface area (Å²) in [5.41, 5.74) is 1.97. The number of nitrogens with zero attached hydrogens (tertiary/aromatic N) is 2. The summed E-state index contributed by atoms with van der Waals surface area (Å²) in [7, 11) is -1.33. The summed E-state index contributed by atoms with van der Waals surface area (Å²) >= 11 is 0. The number of hydrogen-bond acceptors (Lipinski definition) is 2. The van der Waals surface area contributed by atoms with Crippen LogP contribution in [0.4, 0.5) is 0 Å². The Hall–Kier alpha value is -1.48. The summed E-state index contributed by atoms with van der Waals surface area (Å²) in [6.45, 7) is 7.00. The molecule has 0 fully saturated rings. The molecule has 0 spiro atoms. The number of aromatic nitrogens is 2. The highest BCUT2D eigenvalue weighted by Crippen LogP contribution is 2.21. The molecule has 0 aliphatic heterocycles. The van der Waals surface area contributed by atoms with E-state index in [1.165, 1.54) is 23.3 Å². The zero-order chi connectivity index (χ0) is 13.7. The van der Waals surface area contributed by atoms with Gasteiger partial charge in [-0.05, 0) is 24.3 Å². The lowest BCUT2D eigenvalue weighted by Crippen LogP contribution is -2.45. The van der Waals surface area contributed by atoms with Gasteiger partial charge >= 0.3 is 0 Å². The first-order valence-corrected chi connectivity index (χ1v) is 9.75. The van der Waals surface area contributed by atoms with Gasteiger partial charge in [-0.25, -0.2) is 0 Å². The van der Waals surface area contributed by atoms with E-state index in [0.29, 0.717) is 0 Å². The second-order valence-electron chi connectivity index (χ2n) is 4.99. The van der Waals surface area contributed by atoms with Gasteiger partial charge in [0.25, 0.3) is 0 Å². The second-order valence-corrected chi connectivity index (χ2v) is 10.2. The monoisotopic (exact) mass is 270 g/mol. The molecule has 2 aromatic heterocycles. The maximum atomic E-state index is 4.49.